The van der Waals surface area contributed by atoms with Crippen molar-refractivity contribution in [2.45, 2.75) is 44.6 Å². The minimum atomic E-state index is -0.623. The van der Waals surface area contributed by atoms with Crippen molar-refractivity contribution >= 4 is 50.3 Å². The molecule has 12 heteroatoms. The maximum Gasteiger partial charge on any atom is 0.256 e. The molecule has 0 spiro atoms. The normalized spacial score (nSPS) is 17.1. The Bertz CT molecular complexity index is 2220. The lowest BCUT2D eigenvalue weighted by Gasteiger charge is -2.29. The first kappa shape index (κ1) is 33.2. The first-order valence-electron chi connectivity index (χ1n) is 18.0. The standard InChI is InChI=1S/C39H43FN6O5/c1-43(2)14-6-5-13-41-39(49)28-23-46-30-21-32-26(25-9-3-4-10-31(25)50-32)20-33(30)51-38-35(46)27(37(28)48)19-29(40)36(38)45-18-11-24(22-45)42-34(47)12-17-44-15-7-8-16-44/h3-4,9-10,19-21,23-24H,5-8,11-18,22H2,1-2H3,(H,41,49)(H,42,47)/t24-/m1/s1. The van der Waals surface area contributed by atoms with E-state index >= 15 is 4.39 Å². The topological polar surface area (TPSA) is 112 Å². The maximum absolute atomic E-state index is 16.4. The van der Waals surface area contributed by atoms with Crippen molar-refractivity contribution < 1.29 is 23.1 Å². The second kappa shape index (κ2) is 13.6. The Labute approximate surface area is 294 Å². The number of unbranched alkanes of at least 4 members (excludes halogenated alkanes) is 1. The predicted molar refractivity (Wildman–Crippen MR) is 196 cm³/mol. The van der Waals surface area contributed by atoms with Crippen molar-refractivity contribution in [2.75, 3.05) is 64.8 Å². The lowest BCUT2D eigenvalue weighted by Crippen LogP contribution is -2.38. The van der Waals surface area contributed by atoms with Gasteiger partial charge in [0.2, 0.25) is 11.3 Å². The molecule has 2 aromatic heterocycles. The van der Waals surface area contributed by atoms with Gasteiger partial charge in [0.05, 0.1) is 11.1 Å². The number of likely N-dealkylation sites (tertiary alicyclic amines) is 1. The molecular formula is C39H43FN6O5. The molecule has 5 heterocycles. The van der Waals surface area contributed by atoms with Crippen molar-refractivity contribution in [2.24, 2.45) is 0 Å². The Morgan fingerprint density at radius 3 is 2.65 bits per heavy atom. The van der Waals surface area contributed by atoms with Crippen molar-refractivity contribution in [1.82, 2.24) is 25.0 Å². The monoisotopic (exact) mass is 694 g/mol. The number of halogens is 1. The van der Waals surface area contributed by atoms with E-state index < -0.39 is 17.2 Å². The number of rotatable bonds is 11. The molecule has 0 saturated carbocycles. The minimum absolute atomic E-state index is 0.00653. The molecule has 2 N–H and O–H groups in total. The predicted octanol–water partition coefficient (Wildman–Crippen LogP) is 5.39. The zero-order valence-corrected chi connectivity index (χ0v) is 29.1. The van der Waals surface area contributed by atoms with Crippen molar-refractivity contribution in [3.05, 3.63) is 70.3 Å². The second-order valence-electron chi connectivity index (χ2n) is 14.3. The van der Waals surface area contributed by atoms with Crippen LogP contribution in [0.25, 0.3) is 38.5 Å². The van der Waals surface area contributed by atoms with E-state index in [0.717, 1.165) is 49.8 Å². The lowest BCUT2D eigenvalue weighted by molar-refractivity contribution is -0.121. The van der Waals surface area contributed by atoms with Gasteiger partial charge in [-0.3, -0.25) is 14.4 Å². The number of fused-ring (bicyclic) bond motifs is 5. The van der Waals surface area contributed by atoms with Crippen LogP contribution in [-0.2, 0) is 4.79 Å². The van der Waals surface area contributed by atoms with Crippen molar-refractivity contribution in [1.29, 1.82) is 0 Å². The van der Waals surface area contributed by atoms with Crippen LogP contribution in [-0.4, -0.2) is 92.1 Å². The summed E-state index contributed by atoms with van der Waals surface area (Å²) in [5.41, 5.74) is 1.85. The van der Waals surface area contributed by atoms with Gasteiger partial charge in [0.1, 0.15) is 27.9 Å². The van der Waals surface area contributed by atoms with Gasteiger partial charge in [0.15, 0.2) is 17.3 Å². The van der Waals surface area contributed by atoms with Crippen molar-refractivity contribution in [3.63, 3.8) is 0 Å². The summed E-state index contributed by atoms with van der Waals surface area (Å²) in [6, 6.07) is 12.5. The molecule has 0 aliphatic carbocycles. The van der Waals surface area contributed by atoms with Crippen LogP contribution in [0.4, 0.5) is 10.1 Å². The molecule has 11 nitrogen and oxygen atoms in total. The number of para-hydroxylation sites is 1. The van der Waals surface area contributed by atoms with Gasteiger partial charge < -0.3 is 39.1 Å². The molecule has 0 bridgehead atoms. The van der Waals surface area contributed by atoms with E-state index in [9.17, 15) is 14.4 Å². The molecule has 3 aliphatic rings. The quantitative estimate of drug-likeness (QED) is 0.174. The van der Waals surface area contributed by atoms with E-state index in [1.165, 1.54) is 25.1 Å². The third kappa shape index (κ3) is 6.31. The van der Waals surface area contributed by atoms with Crippen LogP contribution in [0, 0.1) is 5.82 Å². The van der Waals surface area contributed by atoms with Crippen LogP contribution in [0.5, 0.6) is 11.5 Å². The van der Waals surface area contributed by atoms with E-state index in [0.29, 0.717) is 60.6 Å². The zero-order valence-electron chi connectivity index (χ0n) is 29.1. The lowest BCUT2D eigenvalue weighted by atomic mass is 10.0. The van der Waals surface area contributed by atoms with Crippen LogP contribution in [0.3, 0.4) is 0 Å². The number of carbonyl (C=O) groups is 2. The highest BCUT2D eigenvalue weighted by Crippen LogP contribution is 2.49. The fraction of sp³-hybridized carbons (Fsp3) is 0.410. The first-order chi connectivity index (χ1) is 24.7. The molecule has 1 atom stereocenters. The van der Waals surface area contributed by atoms with Gasteiger partial charge in [-0.15, -0.1) is 0 Å². The molecule has 51 heavy (non-hydrogen) atoms. The number of hydrogen-bond donors (Lipinski definition) is 2. The van der Waals surface area contributed by atoms with Crippen LogP contribution in [0.1, 0.15) is 48.9 Å². The van der Waals surface area contributed by atoms with Gasteiger partial charge >= 0.3 is 0 Å². The van der Waals surface area contributed by atoms with Gasteiger partial charge in [-0.25, -0.2) is 4.39 Å². The van der Waals surface area contributed by atoms with Gasteiger partial charge in [-0.2, -0.15) is 0 Å². The summed E-state index contributed by atoms with van der Waals surface area (Å²) >= 11 is 0. The molecule has 5 aromatic rings. The average Bonchev–Trinajstić information content (AvgIpc) is 3.88. The van der Waals surface area contributed by atoms with E-state index in [1.54, 1.807) is 4.57 Å². The van der Waals surface area contributed by atoms with Crippen LogP contribution < -0.4 is 25.7 Å². The number of amides is 2. The molecule has 8 rings (SSSR count). The Kier molecular flexibility index (Phi) is 8.89. The molecule has 3 aliphatic heterocycles. The van der Waals surface area contributed by atoms with Crippen LogP contribution >= 0.6 is 0 Å². The summed E-state index contributed by atoms with van der Waals surface area (Å²) < 4.78 is 31.0. The number of pyridine rings is 1. The van der Waals surface area contributed by atoms with Gasteiger partial charge in [-0.05, 0) is 84.0 Å². The summed E-state index contributed by atoms with van der Waals surface area (Å²) in [5.74, 6) is -0.491. The number of nitrogens with zero attached hydrogens (tertiary/aromatic N) is 4. The summed E-state index contributed by atoms with van der Waals surface area (Å²) in [6.45, 7) is 5.00. The Hall–Kier alpha value is -4.94. The fourth-order valence-corrected chi connectivity index (χ4v) is 7.78. The highest BCUT2D eigenvalue weighted by atomic mass is 19.1. The summed E-state index contributed by atoms with van der Waals surface area (Å²) in [7, 11) is 3.99. The van der Waals surface area contributed by atoms with E-state index in [2.05, 4.69) is 20.4 Å². The minimum Gasteiger partial charge on any atom is -0.456 e. The number of carbonyl (C=O) groups excluding carboxylic acids is 2. The molecule has 266 valence electrons. The molecule has 3 aromatic carbocycles. The molecule has 0 radical (unpaired) electrons. The Balaban J connectivity index is 1.16. The number of furan rings is 1. The first-order valence-corrected chi connectivity index (χ1v) is 18.0. The van der Waals surface area contributed by atoms with Gasteiger partial charge in [0.25, 0.3) is 5.91 Å². The summed E-state index contributed by atoms with van der Waals surface area (Å²) in [4.78, 5) is 46.6. The largest absolute Gasteiger partial charge is 0.456 e. The van der Waals surface area contributed by atoms with Crippen LogP contribution in [0.2, 0.25) is 0 Å². The Morgan fingerprint density at radius 2 is 1.82 bits per heavy atom. The Morgan fingerprint density at radius 1 is 1.00 bits per heavy atom. The number of benzene rings is 3. The number of anilines is 1. The van der Waals surface area contributed by atoms with E-state index in [4.69, 9.17) is 9.15 Å². The summed E-state index contributed by atoms with van der Waals surface area (Å²) in [6.07, 6.45) is 6.61. The molecule has 2 fully saturated rings. The highest BCUT2D eigenvalue weighted by Gasteiger charge is 2.34. The number of hydrogen-bond acceptors (Lipinski definition) is 8. The SMILES string of the molecule is CN(C)CCCCNC(=O)c1cn2c3c(c(N4CC[C@@H](NC(=O)CCN5CCCC5)C4)c(F)cc3c1=O)Oc1cc3c(cc1-2)oc1ccccc13. The number of aromatic nitrogens is 1. The summed E-state index contributed by atoms with van der Waals surface area (Å²) in [5, 5.41) is 7.83. The molecule has 0 unspecified atom stereocenters. The average molecular weight is 695 g/mol. The smallest absolute Gasteiger partial charge is 0.256 e. The fourth-order valence-electron chi connectivity index (χ4n) is 7.78. The van der Waals surface area contributed by atoms with Crippen LogP contribution in [0.15, 0.2) is 57.9 Å². The molecule has 2 amide bonds. The number of nitrogens with one attached hydrogen (secondary N) is 2. The van der Waals surface area contributed by atoms with Gasteiger partial charge in [0, 0.05) is 61.7 Å². The third-order valence-corrected chi connectivity index (χ3v) is 10.4. The third-order valence-electron chi connectivity index (χ3n) is 10.4. The van der Waals surface area contributed by atoms with Crippen molar-refractivity contribution in [3.8, 4) is 17.2 Å². The van der Waals surface area contributed by atoms with E-state index in [1.807, 2.05) is 55.4 Å². The second-order valence-corrected chi connectivity index (χ2v) is 14.3. The zero-order chi connectivity index (χ0) is 35.2. The maximum atomic E-state index is 16.4. The van der Waals surface area contributed by atoms with Gasteiger partial charge in [-0.1, -0.05) is 18.2 Å². The number of ether oxygens (including phenoxy) is 1. The molecule has 2 saturated heterocycles. The molecular weight excluding hydrogens is 651 g/mol. The highest BCUT2D eigenvalue weighted by molar-refractivity contribution is 6.07. The van der Waals surface area contributed by atoms with E-state index in [-0.39, 0.29) is 34.3 Å².